The molecule has 2 aromatic carbocycles. The number of rotatable bonds is 9. The Bertz CT molecular complexity index is 1660. The second-order valence-corrected chi connectivity index (χ2v) is 12.0. The number of nitrogens with one attached hydrogen (secondary N) is 1. The molecule has 232 valence electrons. The smallest absolute Gasteiger partial charge is 0.374 e. The Morgan fingerprint density at radius 2 is 1.98 bits per heavy atom. The lowest BCUT2D eigenvalue weighted by Gasteiger charge is -2.29. The van der Waals surface area contributed by atoms with Gasteiger partial charge in [-0.15, -0.1) is 0 Å². The van der Waals surface area contributed by atoms with E-state index in [1.807, 2.05) is 24.4 Å². The monoisotopic (exact) mass is 601 g/mol. The number of fused-ring (bicyclic) bond motifs is 3. The van der Waals surface area contributed by atoms with Gasteiger partial charge in [0.1, 0.15) is 29.1 Å². The lowest BCUT2D eigenvalue weighted by atomic mass is 9.77. The largest absolute Gasteiger partial charge is 0.496 e. The predicted molar refractivity (Wildman–Crippen MR) is 165 cm³/mol. The Kier molecular flexibility index (Phi) is 8.26. The van der Waals surface area contributed by atoms with Gasteiger partial charge in [0.15, 0.2) is 0 Å². The number of carbonyl (C=O) groups is 2. The van der Waals surface area contributed by atoms with Crippen LogP contribution in [-0.4, -0.2) is 59.0 Å². The highest BCUT2D eigenvalue weighted by Crippen LogP contribution is 2.52. The molecular formula is C35H39NO8. The highest BCUT2D eigenvalue weighted by atomic mass is 16.6. The first-order chi connectivity index (χ1) is 21.2. The summed E-state index contributed by atoms with van der Waals surface area (Å²) < 4.78 is 23.8. The van der Waals surface area contributed by atoms with Crippen molar-refractivity contribution in [3.63, 3.8) is 0 Å². The zero-order valence-electron chi connectivity index (χ0n) is 25.4. The molecule has 3 aromatic rings. The van der Waals surface area contributed by atoms with E-state index in [0.717, 1.165) is 33.2 Å². The van der Waals surface area contributed by atoms with E-state index in [4.69, 9.17) is 18.9 Å². The first-order valence-electron chi connectivity index (χ1n) is 15.4. The summed E-state index contributed by atoms with van der Waals surface area (Å²) in [5.74, 6) is 0.829. The van der Waals surface area contributed by atoms with Crippen molar-refractivity contribution in [2.45, 2.75) is 76.4 Å². The van der Waals surface area contributed by atoms with E-state index in [0.29, 0.717) is 67.8 Å². The fourth-order valence-corrected chi connectivity index (χ4v) is 6.68. The normalized spacial score (nSPS) is 22.4. The number of ketones is 1. The highest BCUT2D eigenvalue weighted by molar-refractivity contribution is 5.98. The molecule has 3 N–H and O–H groups in total. The summed E-state index contributed by atoms with van der Waals surface area (Å²) in [5.41, 5.74) is 4.17. The molecule has 3 aliphatic rings. The first-order valence-corrected chi connectivity index (χ1v) is 15.4. The summed E-state index contributed by atoms with van der Waals surface area (Å²) in [6, 6.07) is 9.83. The van der Waals surface area contributed by atoms with Crippen LogP contribution in [0, 0.1) is 0 Å². The minimum atomic E-state index is -1.13. The lowest BCUT2D eigenvalue weighted by molar-refractivity contribution is -0.141. The molecule has 1 aromatic heterocycles. The van der Waals surface area contributed by atoms with Gasteiger partial charge in [0.25, 0.3) is 0 Å². The summed E-state index contributed by atoms with van der Waals surface area (Å²) in [7, 11) is 1.59. The standard InChI is InChI=1S/C35H39NO8/c1-4-42-34(39)30-17-24(21-8-10-27(38)23(16-21)20-7-9-26-22(15-20)11-13-36-26)32-29(43-30)19-28-25(33(32)41-3)18-31(44-28)35(2,40)12-5-6-14-37/h7,9,11,13,15,17,19,23,31,36-37,40H,4-6,8,10,12,14,16,18H2,1-3H3/b24-21-/t23-,31-,35-/m0/s1. The van der Waals surface area contributed by atoms with Crippen LogP contribution in [-0.2, 0) is 20.7 Å². The average Bonchev–Trinajstić information content (AvgIpc) is 3.67. The van der Waals surface area contributed by atoms with Crippen LogP contribution in [0.25, 0.3) is 16.5 Å². The lowest BCUT2D eigenvalue weighted by Crippen LogP contribution is -2.42. The first kappa shape index (κ1) is 30.0. The Hall–Kier alpha value is -4.08. The van der Waals surface area contributed by atoms with Crippen molar-refractivity contribution >= 4 is 28.2 Å². The molecule has 1 fully saturated rings. The Labute approximate surface area is 256 Å². The number of aromatic nitrogens is 1. The number of carbonyl (C=O) groups excluding carboxylic acids is 2. The summed E-state index contributed by atoms with van der Waals surface area (Å²) in [6.07, 6.45) is 6.65. The number of hydrogen-bond acceptors (Lipinski definition) is 8. The van der Waals surface area contributed by atoms with Crippen LogP contribution in [0.2, 0.25) is 0 Å². The Morgan fingerprint density at radius 1 is 1.14 bits per heavy atom. The van der Waals surface area contributed by atoms with Crippen molar-refractivity contribution in [3.8, 4) is 17.2 Å². The molecule has 1 aliphatic carbocycles. The van der Waals surface area contributed by atoms with Gasteiger partial charge in [-0.2, -0.15) is 0 Å². The van der Waals surface area contributed by atoms with Crippen LogP contribution < -0.4 is 14.2 Å². The van der Waals surface area contributed by atoms with E-state index >= 15 is 0 Å². The minimum absolute atomic E-state index is 0.0524. The maximum atomic E-state index is 13.3. The molecule has 0 spiro atoms. The Morgan fingerprint density at radius 3 is 2.75 bits per heavy atom. The van der Waals surface area contributed by atoms with Gasteiger partial charge in [-0.3, -0.25) is 4.79 Å². The molecule has 0 bridgehead atoms. The van der Waals surface area contributed by atoms with Crippen LogP contribution in [0.4, 0.5) is 0 Å². The summed E-state index contributed by atoms with van der Waals surface area (Å²) >= 11 is 0. The molecule has 0 radical (unpaired) electrons. The van der Waals surface area contributed by atoms with Crippen molar-refractivity contribution in [1.82, 2.24) is 4.98 Å². The molecule has 0 unspecified atom stereocenters. The van der Waals surface area contributed by atoms with Crippen LogP contribution in [0.5, 0.6) is 17.2 Å². The third kappa shape index (κ3) is 5.50. The number of unbranched alkanes of at least 4 members (excludes halogenated alkanes) is 1. The molecule has 0 amide bonds. The zero-order chi connectivity index (χ0) is 31.0. The molecular weight excluding hydrogens is 562 g/mol. The molecule has 2 aliphatic heterocycles. The van der Waals surface area contributed by atoms with E-state index < -0.39 is 17.7 Å². The van der Waals surface area contributed by atoms with E-state index in [9.17, 15) is 19.8 Å². The number of allylic oxidation sites excluding steroid dienone is 3. The summed E-state index contributed by atoms with van der Waals surface area (Å²) in [5, 5.41) is 21.6. The van der Waals surface area contributed by atoms with E-state index in [2.05, 4.69) is 11.1 Å². The number of ether oxygens (including phenoxy) is 4. The second-order valence-electron chi connectivity index (χ2n) is 12.0. The number of methoxy groups -OCH3 is 1. The quantitative estimate of drug-likeness (QED) is 0.216. The van der Waals surface area contributed by atoms with Gasteiger partial charge < -0.3 is 34.1 Å². The summed E-state index contributed by atoms with van der Waals surface area (Å²) in [6.45, 7) is 3.76. The molecule has 9 nitrogen and oxygen atoms in total. The van der Waals surface area contributed by atoms with Gasteiger partial charge in [-0.25, -0.2) is 4.79 Å². The molecule has 44 heavy (non-hydrogen) atoms. The minimum Gasteiger partial charge on any atom is -0.496 e. The fraction of sp³-hybridized carbons (Fsp3) is 0.429. The molecule has 3 atom stereocenters. The van der Waals surface area contributed by atoms with E-state index in [1.54, 1.807) is 33.1 Å². The number of aliphatic hydroxyl groups excluding tert-OH is 1. The number of H-pyrrole nitrogens is 1. The summed E-state index contributed by atoms with van der Waals surface area (Å²) in [4.78, 5) is 29.4. The molecule has 6 rings (SSSR count). The topological polar surface area (TPSA) is 127 Å². The second kappa shape index (κ2) is 12.1. The van der Waals surface area contributed by atoms with Crippen molar-refractivity contribution in [1.29, 1.82) is 0 Å². The van der Waals surface area contributed by atoms with Gasteiger partial charge >= 0.3 is 5.97 Å². The number of aliphatic hydroxyl groups is 2. The molecule has 0 saturated heterocycles. The predicted octanol–water partition coefficient (Wildman–Crippen LogP) is 5.52. The van der Waals surface area contributed by atoms with Gasteiger partial charge in [0, 0.05) is 48.7 Å². The average molecular weight is 602 g/mol. The number of benzene rings is 2. The van der Waals surface area contributed by atoms with Gasteiger partial charge in [-0.1, -0.05) is 11.6 Å². The van der Waals surface area contributed by atoms with Gasteiger partial charge in [0.05, 0.1) is 24.9 Å². The van der Waals surface area contributed by atoms with Crippen LogP contribution in [0.1, 0.15) is 75.0 Å². The Balaban J connectivity index is 1.43. The highest BCUT2D eigenvalue weighted by Gasteiger charge is 2.42. The van der Waals surface area contributed by atoms with Gasteiger partial charge in [-0.05, 0) is 86.7 Å². The van der Waals surface area contributed by atoms with Crippen LogP contribution in [0.15, 0.2) is 53.9 Å². The van der Waals surface area contributed by atoms with E-state index in [1.165, 1.54) is 0 Å². The third-order valence-corrected chi connectivity index (χ3v) is 9.07. The number of hydrogen-bond donors (Lipinski definition) is 3. The maximum Gasteiger partial charge on any atom is 0.374 e. The molecule has 3 heterocycles. The van der Waals surface area contributed by atoms with Gasteiger partial charge in [0.2, 0.25) is 5.76 Å². The van der Waals surface area contributed by atoms with Crippen molar-refractivity contribution in [3.05, 3.63) is 70.6 Å². The molecule has 1 saturated carbocycles. The SMILES string of the molecule is CCOC(=O)C1=C/C(=C2\CCC(=O)[C@H](c3ccc4[nH]ccc4c3)C2)c2c(cc3c(c2OC)C[C@@H]([C@@](C)(O)CCCCO)O3)O1. The number of esters is 1. The number of Topliss-reactive ketones (excluding diaryl/α,β-unsaturated/α-hetero) is 1. The number of aromatic amines is 1. The zero-order valence-corrected chi connectivity index (χ0v) is 25.4. The van der Waals surface area contributed by atoms with Crippen LogP contribution in [0.3, 0.4) is 0 Å². The maximum absolute atomic E-state index is 13.3. The van der Waals surface area contributed by atoms with Crippen molar-refractivity contribution in [2.24, 2.45) is 0 Å². The van der Waals surface area contributed by atoms with E-state index in [-0.39, 0.29) is 30.7 Å². The van der Waals surface area contributed by atoms with Crippen molar-refractivity contribution in [2.75, 3.05) is 20.3 Å². The van der Waals surface area contributed by atoms with Crippen LogP contribution >= 0.6 is 0 Å². The van der Waals surface area contributed by atoms with Crippen molar-refractivity contribution < 1.29 is 38.7 Å². The third-order valence-electron chi connectivity index (χ3n) is 9.07. The fourth-order valence-electron chi connectivity index (χ4n) is 6.68. The molecule has 9 heteroatoms.